The first-order valence-electron chi connectivity index (χ1n) is 5.33. The fraction of sp³-hybridized carbons (Fsp3) is 0.636. The molecule has 0 aromatic rings. The second-order valence-electron chi connectivity index (χ2n) is 3.41. The quantitative estimate of drug-likeness (QED) is 0.359. The summed E-state index contributed by atoms with van der Waals surface area (Å²) in [5, 5.41) is 17.1. The monoisotopic (exact) mass is 230 g/mol. The Labute approximate surface area is 94.7 Å². The highest BCUT2D eigenvalue weighted by Gasteiger charge is 2.22. The molecule has 5 nitrogen and oxygen atoms in total. The largest absolute Gasteiger partial charge is 0.501 e. The van der Waals surface area contributed by atoms with Crippen molar-refractivity contribution in [1.82, 2.24) is 0 Å². The first kappa shape index (κ1) is 14.5. The molecule has 0 aromatic heterocycles. The Morgan fingerprint density at radius 3 is 2.31 bits per heavy atom. The lowest BCUT2D eigenvalue weighted by molar-refractivity contribution is -0.151. The van der Waals surface area contributed by atoms with Crippen LogP contribution in [0.1, 0.15) is 32.6 Å². The van der Waals surface area contributed by atoms with Gasteiger partial charge in [-0.2, -0.15) is 0 Å². The van der Waals surface area contributed by atoms with E-state index in [9.17, 15) is 9.59 Å². The van der Waals surface area contributed by atoms with Crippen molar-refractivity contribution >= 4 is 11.9 Å². The molecular formula is C11H18O5. The molecule has 0 rings (SSSR count). The molecule has 0 unspecified atom stereocenters. The highest BCUT2D eigenvalue weighted by Crippen LogP contribution is 2.02. The molecule has 5 heteroatoms. The Hall–Kier alpha value is -1.52. The van der Waals surface area contributed by atoms with Crippen LogP contribution in [0.2, 0.25) is 0 Å². The number of unbranched alkanes of at least 4 members (excludes halogenated alkanes) is 3. The van der Waals surface area contributed by atoms with E-state index in [2.05, 4.69) is 6.92 Å². The molecule has 0 radical (unpaired) electrons. The molecule has 0 saturated heterocycles. The number of hydrogen-bond donors (Lipinski definition) is 2. The zero-order valence-corrected chi connectivity index (χ0v) is 9.39. The summed E-state index contributed by atoms with van der Waals surface area (Å²) in [6, 6.07) is 0. The van der Waals surface area contributed by atoms with Crippen LogP contribution in [-0.2, 0) is 14.3 Å². The van der Waals surface area contributed by atoms with Gasteiger partial charge in [0.2, 0.25) is 0 Å². The Balaban J connectivity index is 3.72. The van der Waals surface area contributed by atoms with Crippen molar-refractivity contribution < 1.29 is 24.5 Å². The van der Waals surface area contributed by atoms with Crippen molar-refractivity contribution in [3.63, 3.8) is 0 Å². The predicted molar refractivity (Wildman–Crippen MR) is 58.0 cm³/mol. The Kier molecular flexibility index (Phi) is 7.93. The minimum absolute atomic E-state index is 0.489. The predicted octanol–water partition coefficient (Wildman–Crippen LogP) is 1.88. The Morgan fingerprint density at radius 1 is 1.19 bits per heavy atom. The van der Waals surface area contributed by atoms with Crippen LogP contribution in [0.3, 0.4) is 0 Å². The van der Waals surface area contributed by atoms with Gasteiger partial charge in [-0.25, -0.2) is 0 Å². The molecule has 16 heavy (non-hydrogen) atoms. The third-order valence-electron chi connectivity index (χ3n) is 2.02. The number of ether oxygens (including phenoxy) is 1. The SMILES string of the molecule is CCCCCCO/C=C/C(C(=O)O)C(=O)O. The van der Waals surface area contributed by atoms with Crippen LogP contribution < -0.4 is 0 Å². The lowest BCUT2D eigenvalue weighted by Crippen LogP contribution is -2.20. The lowest BCUT2D eigenvalue weighted by Gasteiger charge is -2.02. The molecule has 0 atom stereocenters. The number of hydrogen-bond acceptors (Lipinski definition) is 3. The van der Waals surface area contributed by atoms with Crippen molar-refractivity contribution in [3.8, 4) is 0 Å². The summed E-state index contributed by atoms with van der Waals surface area (Å²) >= 11 is 0. The summed E-state index contributed by atoms with van der Waals surface area (Å²) in [5.74, 6) is -4.31. The van der Waals surface area contributed by atoms with Crippen LogP contribution in [0, 0.1) is 5.92 Å². The van der Waals surface area contributed by atoms with E-state index in [-0.39, 0.29) is 0 Å². The normalized spacial score (nSPS) is 10.9. The van der Waals surface area contributed by atoms with Gasteiger partial charge < -0.3 is 14.9 Å². The summed E-state index contributed by atoms with van der Waals surface area (Å²) in [6.45, 7) is 2.59. The second kappa shape index (κ2) is 8.76. The molecule has 0 saturated carbocycles. The molecule has 0 aliphatic rings. The number of carbonyl (C=O) groups is 2. The first-order chi connectivity index (χ1) is 7.59. The van der Waals surface area contributed by atoms with Crippen LogP contribution in [-0.4, -0.2) is 28.8 Å². The smallest absolute Gasteiger partial charge is 0.321 e. The van der Waals surface area contributed by atoms with Crippen molar-refractivity contribution in [2.75, 3.05) is 6.61 Å². The van der Waals surface area contributed by atoms with E-state index in [1.807, 2.05) is 0 Å². The van der Waals surface area contributed by atoms with E-state index in [0.717, 1.165) is 38.0 Å². The van der Waals surface area contributed by atoms with E-state index >= 15 is 0 Å². The van der Waals surface area contributed by atoms with Crippen molar-refractivity contribution in [2.45, 2.75) is 32.6 Å². The second-order valence-corrected chi connectivity index (χ2v) is 3.41. The van der Waals surface area contributed by atoms with Gasteiger partial charge in [-0.15, -0.1) is 0 Å². The highest BCUT2D eigenvalue weighted by molar-refractivity contribution is 5.94. The van der Waals surface area contributed by atoms with Gasteiger partial charge >= 0.3 is 11.9 Å². The average Bonchev–Trinajstić information content (AvgIpc) is 2.21. The molecular weight excluding hydrogens is 212 g/mol. The molecule has 92 valence electrons. The number of carboxylic acid groups (broad SMARTS) is 2. The van der Waals surface area contributed by atoms with Crippen LogP contribution in [0.25, 0.3) is 0 Å². The first-order valence-corrected chi connectivity index (χ1v) is 5.33. The maximum absolute atomic E-state index is 10.5. The van der Waals surface area contributed by atoms with Gasteiger partial charge in [0.15, 0.2) is 5.92 Å². The highest BCUT2D eigenvalue weighted by atomic mass is 16.5. The summed E-state index contributed by atoms with van der Waals surface area (Å²) in [5.41, 5.74) is 0. The van der Waals surface area contributed by atoms with Crippen LogP contribution >= 0.6 is 0 Å². The van der Waals surface area contributed by atoms with Gasteiger partial charge in [-0.3, -0.25) is 9.59 Å². The maximum Gasteiger partial charge on any atom is 0.321 e. The molecule has 0 amide bonds. The zero-order chi connectivity index (χ0) is 12.4. The minimum atomic E-state index is -1.53. The zero-order valence-electron chi connectivity index (χ0n) is 9.39. The van der Waals surface area contributed by atoms with E-state index in [0.29, 0.717) is 6.61 Å². The minimum Gasteiger partial charge on any atom is -0.501 e. The van der Waals surface area contributed by atoms with Crippen LogP contribution in [0.5, 0.6) is 0 Å². The van der Waals surface area contributed by atoms with Crippen molar-refractivity contribution in [2.24, 2.45) is 5.92 Å². The molecule has 0 aliphatic carbocycles. The summed E-state index contributed by atoms with van der Waals surface area (Å²) in [6.07, 6.45) is 6.41. The van der Waals surface area contributed by atoms with Gasteiger partial charge in [0.05, 0.1) is 12.9 Å². The fourth-order valence-corrected chi connectivity index (χ4v) is 1.08. The van der Waals surface area contributed by atoms with Crippen molar-refractivity contribution in [3.05, 3.63) is 12.3 Å². The third-order valence-corrected chi connectivity index (χ3v) is 2.02. The fourth-order valence-electron chi connectivity index (χ4n) is 1.08. The van der Waals surface area contributed by atoms with Gasteiger partial charge in [-0.05, 0) is 12.5 Å². The van der Waals surface area contributed by atoms with Gasteiger partial charge in [-0.1, -0.05) is 26.2 Å². The molecule has 0 fully saturated rings. The Morgan fingerprint density at radius 2 is 1.81 bits per heavy atom. The number of carboxylic acids is 2. The molecule has 0 heterocycles. The summed E-state index contributed by atoms with van der Waals surface area (Å²) in [7, 11) is 0. The molecule has 0 aromatic carbocycles. The Bertz CT molecular complexity index is 233. The van der Waals surface area contributed by atoms with E-state index in [1.165, 1.54) is 0 Å². The molecule has 0 bridgehead atoms. The number of rotatable bonds is 9. The standard InChI is InChI=1S/C11H18O5/c1-2-3-4-5-7-16-8-6-9(10(12)13)11(14)15/h6,8-9H,2-5,7H2,1H3,(H,12,13)(H,14,15)/b8-6+. The third kappa shape index (κ3) is 6.86. The summed E-state index contributed by atoms with van der Waals surface area (Å²) < 4.78 is 5.00. The van der Waals surface area contributed by atoms with Gasteiger partial charge in [0.25, 0.3) is 0 Å². The van der Waals surface area contributed by atoms with E-state index < -0.39 is 17.9 Å². The van der Waals surface area contributed by atoms with Crippen LogP contribution in [0.4, 0.5) is 0 Å². The van der Waals surface area contributed by atoms with E-state index in [4.69, 9.17) is 14.9 Å². The molecule has 0 aliphatic heterocycles. The average molecular weight is 230 g/mol. The molecule has 2 N–H and O–H groups in total. The van der Waals surface area contributed by atoms with Crippen LogP contribution in [0.15, 0.2) is 12.3 Å². The number of aliphatic carboxylic acids is 2. The summed E-state index contributed by atoms with van der Waals surface area (Å²) in [4.78, 5) is 20.9. The maximum atomic E-state index is 10.5. The topological polar surface area (TPSA) is 83.8 Å². The lowest BCUT2D eigenvalue weighted by atomic mass is 10.1. The van der Waals surface area contributed by atoms with E-state index in [1.54, 1.807) is 0 Å². The molecule has 0 spiro atoms. The van der Waals surface area contributed by atoms with Gasteiger partial charge in [0.1, 0.15) is 0 Å². The van der Waals surface area contributed by atoms with Gasteiger partial charge in [0, 0.05) is 0 Å². The van der Waals surface area contributed by atoms with Crippen molar-refractivity contribution in [1.29, 1.82) is 0 Å².